The van der Waals surface area contributed by atoms with E-state index >= 15 is 0 Å². The second-order valence-electron chi connectivity index (χ2n) is 4.69. The number of benzene rings is 1. The number of hydrogen-bond donors (Lipinski definition) is 2. The number of unbranched alkanes of at least 4 members (excludes halogenated alkanes) is 1. The molecule has 0 bridgehead atoms. The molecule has 0 unspecified atom stereocenters. The maximum Gasteiger partial charge on any atom is 0.211 e. The molecule has 0 atom stereocenters. The molecule has 0 aliphatic heterocycles. The van der Waals surface area contributed by atoms with E-state index in [1.807, 2.05) is 18.2 Å². The third kappa shape index (κ3) is 7.24. The molecule has 0 radical (unpaired) electrons. The average Bonchev–Trinajstić information content (AvgIpc) is 2.42. The Morgan fingerprint density at radius 2 is 1.90 bits per heavy atom. The predicted molar refractivity (Wildman–Crippen MR) is 84.5 cm³/mol. The van der Waals surface area contributed by atoms with Crippen molar-refractivity contribution in [1.82, 2.24) is 10.0 Å². The van der Waals surface area contributed by atoms with Crippen molar-refractivity contribution in [3.05, 3.63) is 34.9 Å². The van der Waals surface area contributed by atoms with Crippen LogP contribution < -0.4 is 10.0 Å². The first kappa shape index (κ1) is 17.4. The minimum Gasteiger partial charge on any atom is -0.317 e. The Balaban J connectivity index is 2.26. The molecule has 4 nitrogen and oxygen atoms in total. The summed E-state index contributed by atoms with van der Waals surface area (Å²) in [6.07, 6.45) is 2.62. The molecule has 1 aromatic carbocycles. The maximum absolute atomic E-state index is 11.8. The van der Waals surface area contributed by atoms with Crippen molar-refractivity contribution in [2.75, 3.05) is 18.8 Å². The van der Waals surface area contributed by atoms with Crippen molar-refractivity contribution in [3.63, 3.8) is 0 Å². The van der Waals surface area contributed by atoms with Gasteiger partial charge in [-0.25, -0.2) is 13.1 Å². The van der Waals surface area contributed by atoms with Crippen molar-refractivity contribution < 1.29 is 8.42 Å². The summed E-state index contributed by atoms with van der Waals surface area (Å²) in [5, 5.41) is 3.84. The summed E-state index contributed by atoms with van der Waals surface area (Å²) in [4.78, 5) is 0. The van der Waals surface area contributed by atoms with Crippen LogP contribution in [0.25, 0.3) is 0 Å². The highest BCUT2D eigenvalue weighted by Crippen LogP contribution is 2.14. The maximum atomic E-state index is 11.8. The number of sulfonamides is 1. The van der Waals surface area contributed by atoms with Crippen molar-refractivity contribution in [3.8, 4) is 0 Å². The molecule has 1 aromatic rings. The van der Waals surface area contributed by atoms with E-state index in [9.17, 15) is 8.42 Å². The fourth-order valence-corrected chi connectivity index (χ4v) is 3.05. The minimum absolute atomic E-state index is 0.158. The highest BCUT2D eigenvalue weighted by atomic mass is 35.5. The normalized spacial score (nSPS) is 11.7. The summed E-state index contributed by atoms with van der Waals surface area (Å²) >= 11 is 5.99. The number of hydrogen-bond acceptors (Lipinski definition) is 3. The third-order valence-corrected chi connectivity index (χ3v) is 4.66. The zero-order chi connectivity index (χ0) is 14.8. The molecule has 0 aliphatic rings. The zero-order valence-electron chi connectivity index (χ0n) is 11.9. The Labute approximate surface area is 127 Å². The van der Waals surface area contributed by atoms with Crippen molar-refractivity contribution in [1.29, 1.82) is 0 Å². The summed E-state index contributed by atoms with van der Waals surface area (Å²) in [7, 11) is -3.23. The van der Waals surface area contributed by atoms with E-state index in [1.54, 1.807) is 6.07 Å². The van der Waals surface area contributed by atoms with Gasteiger partial charge in [0.1, 0.15) is 0 Å². The van der Waals surface area contributed by atoms with E-state index in [-0.39, 0.29) is 12.3 Å². The van der Waals surface area contributed by atoms with Crippen LogP contribution >= 0.6 is 11.6 Å². The Bertz CT molecular complexity index is 492. The number of rotatable bonds is 10. The lowest BCUT2D eigenvalue weighted by molar-refractivity contribution is 0.572. The topological polar surface area (TPSA) is 58.2 Å². The van der Waals surface area contributed by atoms with Gasteiger partial charge in [0.25, 0.3) is 0 Å². The standard InChI is InChI=1S/C14H23ClN2O2S/c1-2-9-16-10-5-6-11-20(18,19)17-12-13-7-3-4-8-14(13)15/h3-4,7-8,16-17H,2,5-6,9-12H2,1H3. The molecule has 0 heterocycles. The van der Waals surface area contributed by atoms with E-state index in [0.717, 1.165) is 31.5 Å². The second-order valence-corrected chi connectivity index (χ2v) is 7.02. The fraction of sp³-hybridized carbons (Fsp3) is 0.571. The van der Waals surface area contributed by atoms with Gasteiger partial charge in [-0.2, -0.15) is 0 Å². The van der Waals surface area contributed by atoms with Crippen molar-refractivity contribution in [2.24, 2.45) is 0 Å². The molecule has 20 heavy (non-hydrogen) atoms. The molecule has 6 heteroatoms. The van der Waals surface area contributed by atoms with Crippen molar-refractivity contribution in [2.45, 2.75) is 32.7 Å². The Morgan fingerprint density at radius 3 is 2.60 bits per heavy atom. The lowest BCUT2D eigenvalue weighted by atomic mass is 10.2. The van der Waals surface area contributed by atoms with Crippen LogP contribution in [0.15, 0.2) is 24.3 Å². The lowest BCUT2D eigenvalue weighted by Gasteiger charge is -2.08. The monoisotopic (exact) mass is 318 g/mol. The van der Waals surface area contributed by atoms with Gasteiger partial charge in [0.05, 0.1) is 5.75 Å². The SMILES string of the molecule is CCCNCCCCS(=O)(=O)NCc1ccccc1Cl. The first-order chi connectivity index (χ1) is 9.55. The van der Waals surface area contributed by atoms with E-state index in [4.69, 9.17) is 11.6 Å². The van der Waals surface area contributed by atoms with Gasteiger partial charge in [0, 0.05) is 11.6 Å². The Morgan fingerprint density at radius 1 is 1.15 bits per heavy atom. The fourth-order valence-electron chi connectivity index (χ4n) is 1.75. The molecule has 2 N–H and O–H groups in total. The van der Waals surface area contributed by atoms with Crippen LogP contribution in [0.1, 0.15) is 31.7 Å². The van der Waals surface area contributed by atoms with Gasteiger partial charge in [-0.15, -0.1) is 0 Å². The molecule has 0 spiro atoms. The Kier molecular flexibility index (Phi) is 8.14. The number of nitrogens with one attached hydrogen (secondary N) is 2. The zero-order valence-corrected chi connectivity index (χ0v) is 13.4. The first-order valence-electron chi connectivity index (χ1n) is 6.96. The van der Waals surface area contributed by atoms with Crippen molar-refractivity contribution >= 4 is 21.6 Å². The van der Waals surface area contributed by atoms with Gasteiger partial charge in [-0.1, -0.05) is 36.7 Å². The summed E-state index contributed by atoms with van der Waals surface area (Å²) in [6.45, 7) is 4.21. The van der Waals surface area contributed by atoms with Crippen LogP contribution in [0.3, 0.4) is 0 Å². The van der Waals surface area contributed by atoms with Crippen LogP contribution in [0.4, 0.5) is 0 Å². The molecule has 0 saturated heterocycles. The smallest absolute Gasteiger partial charge is 0.211 e. The molecule has 0 fully saturated rings. The highest BCUT2D eigenvalue weighted by Gasteiger charge is 2.10. The van der Waals surface area contributed by atoms with E-state index in [1.165, 1.54) is 0 Å². The highest BCUT2D eigenvalue weighted by molar-refractivity contribution is 7.89. The summed E-state index contributed by atoms with van der Waals surface area (Å²) in [5.41, 5.74) is 0.794. The predicted octanol–water partition coefficient (Wildman–Crippen LogP) is 2.54. The lowest BCUT2D eigenvalue weighted by Crippen LogP contribution is -2.26. The third-order valence-electron chi connectivity index (χ3n) is 2.88. The van der Waals surface area contributed by atoms with Gasteiger partial charge in [0.2, 0.25) is 10.0 Å². The first-order valence-corrected chi connectivity index (χ1v) is 8.99. The van der Waals surface area contributed by atoms with Crippen LogP contribution in [-0.2, 0) is 16.6 Å². The molecule has 114 valence electrons. The molecule has 0 aliphatic carbocycles. The minimum atomic E-state index is -3.23. The summed E-state index contributed by atoms with van der Waals surface area (Å²) < 4.78 is 26.2. The van der Waals surface area contributed by atoms with Gasteiger partial charge < -0.3 is 5.32 Å². The number of halogens is 1. The van der Waals surface area contributed by atoms with Gasteiger partial charge in [0.15, 0.2) is 0 Å². The summed E-state index contributed by atoms with van der Waals surface area (Å²) in [6, 6.07) is 7.24. The largest absolute Gasteiger partial charge is 0.317 e. The molecule has 0 aromatic heterocycles. The molecule has 0 saturated carbocycles. The molecule has 0 amide bonds. The van der Waals surface area contributed by atoms with E-state index in [2.05, 4.69) is 17.0 Å². The van der Waals surface area contributed by atoms with Gasteiger partial charge in [-0.3, -0.25) is 0 Å². The summed E-state index contributed by atoms with van der Waals surface area (Å²) in [5.74, 6) is 0.158. The van der Waals surface area contributed by atoms with Crippen LogP contribution in [-0.4, -0.2) is 27.3 Å². The van der Waals surface area contributed by atoms with Crippen LogP contribution in [0.2, 0.25) is 5.02 Å². The molecular weight excluding hydrogens is 296 g/mol. The second kappa shape index (κ2) is 9.34. The molecular formula is C14H23ClN2O2S. The average molecular weight is 319 g/mol. The quantitative estimate of drug-likeness (QED) is 0.652. The van der Waals surface area contributed by atoms with Gasteiger partial charge in [-0.05, 0) is 44.0 Å². The van der Waals surface area contributed by atoms with Crippen LogP contribution in [0.5, 0.6) is 0 Å². The molecule has 1 rings (SSSR count). The van der Waals surface area contributed by atoms with E-state index in [0.29, 0.717) is 11.4 Å². The van der Waals surface area contributed by atoms with E-state index < -0.39 is 10.0 Å². The van der Waals surface area contributed by atoms with Gasteiger partial charge >= 0.3 is 0 Å². The van der Waals surface area contributed by atoms with Crippen LogP contribution in [0, 0.1) is 0 Å². The Hall–Kier alpha value is -0.620.